The molecule has 2 aromatic rings. The van der Waals surface area contributed by atoms with Crippen molar-refractivity contribution in [1.29, 1.82) is 0 Å². The maximum atomic E-state index is 13.4. The molecule has 2 rings (SSSR count). The van der Waals surface area contributed by atoms with Crippen LogP contribution in [0, 0.1) is 5.82 Å². The molecule has 22 heavy (non-hydrogen) atoms. The first-order valence-electron chi connectivity index (χ1n) is 6.74. The number of hydrogen-bond acceptors (Lipinski definition) is 2. The Morgan fingerprint density at radius 3 is 2.45 bits per heavy atom. The number of hydrogen-bond donors (Lipinski definition) is 2. The predicted molar refractivity (Wildman–Crippen MR) is 87.8 cm³/mol. The molecular weight excluding hydrogens is 326 g/mol. The average molecular weight is 341 g/mol. The van der Waals surface area contributed by atoms with Gasteiger partial charge >= 0.3 is 0 Å². The molecule has 0 spiro atoms. The topological polar surface area (TPSA) is 41.1 Å². The van der Waals surface area contributed by atoms with E-state index in [1.54, 1.807) is 36.4 Å². The Morgan fingerprint density at radius 1 is 1.09 bits per heavy atom. The lowest BCUT2D eigenvalue weighted by atomic mass is 10.2. The molecule has 0 aliphatic rings. The van der Waals surface area contributed by atoms with E-state index >= 15 is 0 Å². The van der Waals surface area contributed by atoms with Gasteiger partial charge in [-0.2, -0.15) is 0 Å². The first-order chi connectivity index (χ1) is 10.5. The van der Waals surface area contributed by atoms with Gasteiger partial charge in [-0.3, -0.25) is 4.79 Å². The van der Waals surface area contributed by atoms with E-state index in [-0.39, 0.29) is 18.1 Å². The zero-order valence-corrected chi connectivity index (χ0v) is 13.2. The van der Waals surface area contributed by atoms with Crippen molar-refractivity contribution >= 4 is 34.8 Å². The van der Waals surface area contributed by atoms with Crippen LogP contribution < -0.4 is 10.6 Å². The minimum Gasteiger partial charge on any atom is -0.326 e. The van der Waals surface area contributed by atoms with Crippen molar-refractivity contribution in [3.8, 4) is 0 Å². The van der Waals surface area contributed by atoms with Gasteiger partial charge in [0.15, 0.2) is 0 Å². The Bertz CT molecular complexity index is 644. The summed E-state index contributed by atoms with van der Waals surface area (Å²) in [4.78, 5) is 11.8. The third kappa shape index (κ3) is 5.30. The lowest BCUT2D eigenvalue weighted by molar-refractivity contribution is -0.116. The van der Waals surface area contributed by atoms with Crippen LogP contribution in [0.4, 0.5) is 10.1 Å². The van der Waals surface area contributed by atoms with Crippen LogP contribution >= 0.6 is 23.2 Å². The monoisotopic (exact) mass is 340 g/mol. The van der Waals surface area contributed by atoms with E-state index in [2.05, 4.69) is 10.6 Å². The van der Waals surface area contributed by atoms with E-state index in [4.69, 9.17) is 23.2 Å². The highest BCUT2D eigenvalue weighted by atomic mass is 35.5. The highest BCUT2D eigenvalue weighted by molar-refractivity contribution is 6.35. The Morgan fingerprint density at radius 2 is 1.77 bits per heavy atom. The van der Waals surface area contributed by atoms with Gasteiger partial charge in [0.05, 0.1) is 0 Å². The van der Waals surface area contributed by atoms with Crippen LogP contribution in [0.2, 0.25) is 10.0 Å². The molecule has 0 heterocycles. The molecule has 0 atom stereocenters. The van der Waals surface area contributed by atoms with Gasteiger partial charge in [0.25, 0.3) is 0 Å². The summed E-state index contributed by atoms with van der Waals surface area (Å²) in [6.45, 7) is 0.817. The molecule has 0 fully saturated rings. The molecule has 0 unspecified atom stereocenters. The second kappa shape index (κ2) is 8.13. The minimum absolute atomic E-state index is 0.167. The molecule has 0 aliphatic heterocycles. The van der Waals surface area contributed by atoms with Crippen LogP contribution in [-0.4, -0.2) is 12.5 Å². The van der Waals surface area contributed by atoms with Crippen molar-refractivity contribution in [1.82, 2.24) is 5.32 Å². The normalized spacial score (nSPS) is 10.5. The summed E-state index contributed by atoms with van der Waals surface area (Å²) in [6, 6.07) is 11.4. The van der Waals surface area contributed by atoms with Crippen molar-refractivity contribution in [2.45, 2.75) is 13.0 Å². The molecule has 2 N–H and O–H groups in total. The quantitative estimate of drug-likeness (QED) is 0.771. The Labute approximate surface area is 138 Å². The van der Waals surface area contributed by atoms with Gasteiger partial charge in [0.2, 0.25) is 5.91 Å². The van der Waals surface area contributed by atoms with E-state index < -0.39 is 0 Å². The Hall–Kier alpha value is -1.62. The van der Waals surface area contributed by atoms with Crippen molar-refractivity contribution in [2.75, 3.05) is 11.9 Å². The average Bonchev–Trinajstić information content (AvgIpc) is 2.44. The van der Waals surface area contributed by atoms with Crippen LogP contribution in [0.15, 0.2) is 42.5 Å². The number of rotatable bonds is 6. The predicted octanol–water partition coefficient (Wildman–Crippen LogP) is 4.25. The molecular formula is C16H15Cl2FN2O. The fraction of sp³-hybridized carbons (Fsp3) is 0.188. The van der Waals surface area contributed by atoms with E-state index in [1.165, 1.54) is 6.07 Å². The number of nitrogens with one attached hydrogen (secondary N) is 2. The summed E-state index contributed by atoms with van der Waals surface area (Å²) >= 11 is 11.7. The highest BCUT2D eigenvalue weighted by Crippen LogP contribution is 2.22. The third-order valence-corrected chi connectivity index (χ3v) is 3.38. The van der Waals surface area contributed by atoms with E-state index in [1.807, 2.05) is 0 Å². The second-order valence-corrected chi connectivity index (χ2v) is 5.60. The first kappa shape index (κ1) is 16.7. The van der Waals surface area contributed by atoms with E-state index in [0.717, 1.165) is 0 Å². The van der Waals surface area contributed by atoms with Gasteiger partial charge in [0, 0.05) is 40.8 Å². The van der Waals surface area contributed by atoms with Gasteiger partial charge in [-0.15, -0.1) is 0 Å². The van der Waals surface area contributed by atoms with Crippen molar-refractivity contribution in [3.63, 3.8) is 0 Å². The van der Waals surface area contributed by atoms with Crippen molar-refractivity contribution < 1.29 is 9.18 Å². The molecule has 3 nitrogen and oxygen atoms in total. The summed E-state index contributed by atoms with van der Waals surface area (Å²) in [5.74, 6) is -0.424. The van der Waals surface area contributed by atoms with Gasteiger partial charge in [-0.1, -0.05) is 41.4 Å². The SMILES string of the molecule is O=C(CCNCc1ccccc1F)Nc1cc(Cl)cc(Cl)c1. The van der Waals surface area contributed by atoms with Gasteiger partial charge in [0.1, 0.15) is 5.82 Å². The summed E-state index contributed by atoms with van der Waals surface area (Å²) in [5.41, 5.74) is 1.13. The van der Waals surface area contributed by atoms with Gasteiger partial charge in [-0.25, -0.2) is 4.39 Å². The standard InChI is InChI=1S/C16H15Cl2FN2O/c17-12-7-13(18)9-14(8-12)21-16(22)5-6-20-10-11-3-1-2-4-15(11)19/h1-4,7-9,20H,5-6,10H2,(H,21,22). The molecule has 6 heteroatoms. The Kier molecular flexibility index (Phi) is 6.19. The first-order valence-corrected chi connectivity index (χ1v) is 7.50. The fourth-order valence-corrected chi connectivity index (χ4v) is 2.44. The number of anilines is 1. The zero-order valence-electron chi connectivity index (χ0n) is 11.7. The number of amides is 1. The zero-order chi connectivity index (χ0) is 15.9. The van der Waals surface area contributed by atoms with E-state index in [0.29, 0.717) is 34.4 Å². The molecule has 0 bridgehead atoms. The minimum atomic E-state index is -0.256. The number of carbonyl (C=O) groups is 1. The van der Waals surface area contributed by atoms with Crippen LogP contribution in [0.5, 0.6) is 0 Å². The summed E-state index contributed by atoms with van der Waals surface area (Å²) < 4.78 is 13.4. The number of carbonyl (C=O) groups excluding carboxylic acids is 1. The molecule has 0 aliphatic carbocycles. The molecule has 0 aromatic heterocycles. The smallest absolute Gasteiger partial charge is 0.225 e. The molecule has 0 saturated carbocycles. The summed E-state index contributed by atoms with van der Waals surface area (Å²) in [6.07, 6.45) is 0.262. The summed E-state index contributed by atoms with van der Waals surface area (Å²) in [7, 11) is 0. The second-order valence-electron chi connectivity index (χ2n) is 4.72. The largest absolute Gasteiger partial charge is 0.326 e. The number of benzene rings is 2. The van der Waals surface area contributed by atoms with E-state index in [9.17, 15) is 9.18 Å². The maximum absolute atomic E-state index is 13.4. The van der Waals surface area contributed by atoms with Crippen LogP contribution in [0.1, 0.15) is 12.0 Å². The maximum Gasteiger partial charge on any atom is 0.225 e. The van der Waals surface area contributed by atoms with Gasteiger partial charge in [-0.05, 0) is 24.3 Å². The Balaban J connectivity index is 1.75. The molecule has 0 radical (unpaired) electrons. The fourth-order valence-electron chi connectivity index (χ4n) is 1.92. The lowest BCUT2D eigenvalue weighted by Gasteiger charge is -2.08. The third-order valence-electron chi connectivity index (χ3n) is 2.95. The van der Waals surface area contributed by atoms with Crippen LogP contribution in [-0.2, 0) is 11.3 Å². The highest BCUT2D eigenvalue weighted by Gasteiger charge is 2.05. The number of halogens is 3. The van der Waals surface area contributed by atoms with Crippen LogP contribution in [0.25, 0.3) is 0 Å². The molecule has 2 aromatic carbocycles. The molecule has 1 amide bonds. The van der Waals surface area contributed by atoms with Gasteiger partial charge < -0.3 is 10.6 Å². The van der Waals surface area contributed by atoms with Crippen LogP contribution in [0.3, 0.4) is 0 Å². The van der Waals surface area contributed by atoms with Crippen molar-refractivity contribution in [3.05, 3.63) is 63.9 Å². The molecule has 116 valence electrons. The molecule has 0 saturated heterocycles. The van der Waals surface area contributed by atoms with Crippen molar-refractivity contribution in [2.24, 2.45) is 0 Å². The lowest BCUT2D eigenvalue weighted by Crippen LogP contribution is -2.21. The summed E-state index contributed by atoms with van der Waals surface area (Å²) in [5, 5.41) is 6.66.